The van der Waals surface area contributed by atoms with Gasteiger partial charge in [-0.25, -0.2) is 0 Å². The zero-order valence-electron chi connectivity index (χ0n) is 12.0. The minimum absolute atomic E-state index is 0.0240. The summed E-state index contributed by atoms with van der Waals surface area (Å²) in [5, 5.41) is 0.732. The van der Waals surface area contributed by atoms with Crippen molar-refractivity contribution < 1.29 is 4.74 Å². The summed E-state index contributed by atoms with van der Waals surface area (Å²) in [6.45, 7) is 7.17. The molecule has 3 nitrogen and oxygen atoms in total. The summed E-state index contributed by atoms with van der Waals surface area (Å²) < 4.78 is 6.72. The van der Waals surface area contributed by atoms with Gasteiger partial charge in [-0.05, 0) is 38.0 Å². The van der Waals surface area contributed by atoms with Crippen molar-refractivity contribution in [3.8, 4) is 0 Å². The Hall–Kier alpha value is -0.130. The van der Waals surface area contributed by atoms with E-state index in [-0.39, 0.29) is 6.04 Å². The molecule has 0 aromatic heterocycles. The van der Waals surface area contributed by atoms with Gasteiger partial charge in [-0.1, -0.05) is 33.6 Å². The Morgan fingerprint density at radius 2 is 2.05 bits per heavy atom. The van der Waals surface area contributed by atoms with Crippen molar-refractivity contribution in [2.75, 3.05) is 19.6 Å². The molecule has 0 amide bonds. The fourth-order valence-electron chi connectivity index (χ4n) is 2.75. The fourth-order valence-corrected chi connectivity index (χ4v) is 3.56. The maximum atomic E-state index is 6.27. The molecule has 1 aliphatic heterocycles. The third-order valence-electron chi connectivity index (χ3n) is 3.61. The van der Waals surface area contributed by atoms with Gasteiger partial charge in [-0.15, -0.1) is 0 Å². The number of hydrogen-bond donors (Lipinski definition) is 1. The molecular weight excluding hydrogens is 340 g/mol. The van der Waals surface area contributed by atoms with E-state index in [4.69, 9.17) is 22.1 Å². The predicted molar refractivity (Wildman–Crippen MR) is 87.1 cm³/mol. The van der Waals surface area contributed by atoms with Gasteiger partial charge in [0.25, 0.3) is 0 Å². The Labute approximate surface area is 134 Å². The summed E-state index contributed by atoms with van der Waals surface area (Å²) in [7, 11) is 0. The number of halogens is 2. The first-order valence-corrected chi connectivity index (χ1v) is 8.21. The van der Waals surface area contributed by atoms with E-state index in [9.17, 15) is 0 Å². The van der Waals surface area contributed by atoms with Crippen molar-refractivity contribution in [2.24, 2.45) is 5.73 Å². The van der Waals surface area contributed by atoms with Crippen LogP contribution in [0.1, 0.15) is 31.9 Å². The Bertz CT molecular complexity index is 447. The van der Waals surface area contributed by atoms with Crippen molar-refractivity contribution >= 4 is 27.5 Å². The molecule has 0 aliphatic carbocycles. The van der Waals surface area contributed by atoms with Crippen LogP contribution in [0, 0.1) is 0 Å². The molecule has 2 N–H and O–H groups in total. The summed E-state index contributed by atoms with van der Waals surface area (Å²) in [5.41, 5.74) is 7.29. The molecule has 20 heavy (non-hydrogen) atoms. The van der Waals surface area contributed by atoms with Gasteiger partial charge in [0.2, 0.25) is 0 Å². The fraction of sp³-hybridized carbons (Fsp3) is 0.600. The average molecular weight is 362 g/mol. The highest BCUT2D eigenvalue weighted by molar-refractivity contribution is 9.10. The Balaban J connectivity index is 1.90. The minimum Gasteiger partial charge on any atom is -0.373 e. The van der Waals surface area contributed by atoms with E-state index in [0.717, 1.165) is 41.1 Å². The van der Waals surface area contributed by atoms with Crippen LogP contribution in [0.5, 0.6) is 0 Å². The predicted octanol–water partition coefficient (Wildman–Crippen LogP) is 3.60. The lowest BCUT2D eigenvalue weighted by atomic mass is 10.0. The first-order chi connectivity index (χ1) is 9.45. The SMILES string of the molecule is CC1CN(CCC(N)c2ccc(Br)cc2Cl)CC(C)O1. The molecular formula is C15H22BrClN2O. The quantitative estimate of drug-likeness (QED) is 0.890. The van der Waals surface area contributed by atoms with Crippen molar-refractivity contribution in [2.45, 2.75) is 38.5 Å². The Kier molecular flexibility index (Phi) is 5.87. The molecule has 1 heterocycles. The van der Waals surface area contributed by atoms with Crippen LogP contribution < -0.4 is 5.73 Å². The molecule has 3 atom stereocenters. The normalized spacial score (nSPS) is 25.6. The van der Waals surface area contributed by atoms with Crippen LogP contribution in [-0.2, 0) is 4.74 Å². The number of nitrogens with zero attached hydrogens (tertiary/aromatic N) is 1. The van der Waals surface area contributed by atoms with E-state index in [1.807, 2.05) is 18.2 Å². The number of ether oxygens (including phenoxy) is 1. The van der Waals surface area contributed by atoms with E-state index in [1.54, 1.807) is 0 Å². The minimum atomic E-state index is -0.0240. The molecule has 112 valence electrons. The Morgan fingerprint density at radius 1 is 1.40 bits per heavy atom. The number of hydrogen-bond acceptors (Lipinski definition) is 3. The van der Waals surface area contributed by atoms with Crippen LogP contribution in [0.25, 0.3) is 0 Å². The van der Waals surface area contributed by atoms with Gasteiger partial charge in [0, 0.05) is 35.2 Å². The lowest BCUT2D eigenvalue weighted by Crippen LogP contribution is -2.46. The second-order valence-corrected chi connectivity index (χ2v) is 6.90. The van der Waals surface area contributed by atoms with Gasteiger partial charge >= 0.3 is 0 Å². The van der Waals surface area contributed by atoms with Crippen molar-refractivity contribution in [3.05, 3.63) is 33.3 Å². The lowest BCUT2D eigenvalue weighted by molar-refractivity contribution is -0.0684. The third-order valence-corrected chi connectivity index (χ3v) is 4.43. The first-order valence-electron chi connectivity index (χ1n) is 7.04. The van der Waals surface area contributed by atoms with Crippen LogP contribution in [0.2, 0.25) is 5.02 Å². The molecule has 3 unspecified atom stereocenters. The number of benzene rings is 1. The maximum Gasteiger partial charge on any atom is 0.0678 e. The van der Waals surface area contributed by atoms with Crippen LogP contribution in [0.3, 0.4) is 0 Å². The summed E-state index contributed by atoms with van der Waals surface area (Å²) in [6.07, 6.45) is 1.50. The van der Waals surface area contributed by atoms with E-state index >= 15 is 0 Å². The van der Waals surface area contributed by atoms with Crippen LogP contribution >= 0.6 is 27.5 Å². The van der Waals surface area contributed by atoms with E-state index in [2.05, 4.69) is 34.7 Å². The molecule has 1 aliphatic rings. The highest BCUT2D eigenvalue weighted by Crippen LogP contribution is 2.27. The molecule has 1 fully saturated rings. The molecule has 0 saturated carbocycles. The van der Waals surface area contributed by atoms with Crippen LogP contribution in [-0.4, -0.2) is 36.7 Å². The van der Waals surface area contributed by atoms with E-state index < -0.39 is 0 Å². The number of nitrogens with two attached hydrogens (primary N) is 1. The summed E-state index contributed by atoms with van der Waals surface area (Å²) >= 11 is 9.66. The molecule has 0 radical (unpaired) electrons. The van der Waals surface area contributed by atoms with Gasteiger partial charge in [0.05, 0.1) is 12.2 Å². The molecule has 1 aromatic carbocycles. The standard InChI is InChI=1S/C15H22BrClN2O/c1-10-8-19(9-11(2)20-10)6-5-15(18)13-4-3-12(16)7-14(13)17/h3-4,7,10-11,15H,5-6,8-9,18H2,1-2H3. The second-order valence-electron chi connectivity index (χ2n) is 5.58. The molecule has 2 rings (SSSR count). The molecule has 0 spiro atoms. The maximum absolute atomic E-state index is 6.27. The monoisotopic (exact) mass is 360 g/mol. The molecule has 1 saturated heterocycles. The molecule has 5 heteroatoms. The van der Waals surface area contributed by atoms with E-state index in [0.29, 0.717) is 12.2 Å². The van der Waals surface area contributed by atoms with Crippen molar-refractivity contribution in [1.29, 1.82) is 0 Å². The average Bonchev–Trinajstić information content (AvgIpc) is 2.35. The summed E-state index contributed by atoms with van der Waals surface area (Å²) in [4.78, 5) is 2.42. The smallest absolute Gasteiger partial charge is 0.0678 e. The molecule has 0 bridgehead atoms. The third kappa shape index (κ3) is 4.43. The van der Waals surface area contributed by atoms with Crippen LogP contribution in [0.15, 0.2) is 22.7 Å². The topological polar surface area (TPSA) is 38.5 Å². The highest BCUT2D eigenvalue weighted by atomic mass is 79.9. The zero-order chi connectivity index (χ0) is 14.7. The van der Waals surface area contributed by atoms with E-state index in [1.165, 1.54) is 0 Å². The zero-order valence-corrected chi connectivity index (χ0v) is 14.3. The van der Waals surface area contributed by atoms with Gasteiger partial charge in [-0.3, -0.25) is 4.90 Å². The second kappa shape index (κ2) is 7.23. The van der Waals surface area contributed by atoms with Gasteiger partial charge < -0.3 is 10.5 Å². The first kappa shape index (κ1) is 16.2. The lowest BCUT2D eigenvalue weighted by Gasteiger charge is -2.35. The molecule has 1 aromatic rings. The highest BCUT2D eigenvalue weighted by Gasteiger charge is 2.22. The number of morpholine rings is 1. The van der Waals surface area contributed by atoms with Crippen molar-refractivity contribution in [3.63, 3.8) is 0 Å². The van der Waals surface area contributed by atoms with Gasteiger partial charge in [0.15, 0.2) is 0 Å². The van der Waals surface area contributed by atoms with Gasteiger partial charge in [-0.2, -0.15) is 0 Å². The summed E-state index contributed by atoms with van der Waals surface area (Å²) in [5.74, 6) is 0. The number of rotatable bonds is 4. The van der Waals surface area contributed by atoms with Crippen LogP contribution in [0.4, 0.5) is 0 Å². The summed E-state index contributed by atoms with van der Waals surface area (Å²) in [6, 6.07) is 5.86. The largest absolute Gasteiger partial charge is 0.373 e. The Morgan fingerprint density at radius 3 is 2.65 bits per heavy atom. The van der Waals surface area contributed by atoms with Crippen molar-refractivity contribution in [1.82, 2.24) is 4.90 Å². The van der Waals surface area contributed by atoms with Gasteiger partial charge in [0.1, 0.15) is 0 Å².